The van der Waals surface area contributed by atoms with Gasteiger partial charge in [-0.3, -0.25) is 4.79 Å². The molecule has 0 saturated carbocycles. The van der Waals surface area contributed by atoms with Crippen LogP contribution in [0.5, 0.6) is 0 Å². The van der Waals surface area contributed by atoms with Gasteiger partial charge >= 0.3 is 0 Å². The molecule has 0 aliphatic rings. The highest BCUT2D eigenvalue weighted by molar-refractivity contribution is 5.92. The molecule has 0 aliphatic heterocycles. The Kier molecular flexibility index (Phi) is 5.81. The van der Waals surface area contributed by atoms with Crippen LogP contribution in [0.4, 0.5) is 15.8 Å². The van der Waals surface area contributed by atoms with E-state index in [1.807, 2.05) is 38.1 Å². The van der Waals surface area contributed by atoms with Crippen LogP contribution in [0.2, 0.25) is 0 Å². The summed E-state index contributed by atoms with van der Waals surface area (Å²) >= 11 is 0. The number of nitrogens with one attached hydrogen (secondary N) is 2. The monoisotopic (exact) mass is 363 g/mol. The van der Waals surface area contributed by atoms with Crippen LogP contribution >= 0.6 is 0 Å². The molecule has 138 valence electrons. The van der Waals surface area contributed by atoms with Crippen molar-refractivity contribution in [2.24, 2.45) is 0 Å². The molecule has 0 radical (unpaired) electrons. The normalized spacial score (nSPS) is 10.5. The molecule has 0 spiro atoms. The summed E-state index contributed by atoms with van der Waals surface area (Å²) < 4.78 is 12.9. The fourth-order valence-corrected chi connectivity index (χ4v) is 2.82. The first-order valence-corrected chi connectivity index (χ1v) is 8.85. The third-order valence-electron chi connectivity index (χ3n) is 4.36. The van der Waals surface area contributed by atoms with E-state index in [0.29, 0.717) is 18.7 Å². The SMILES string of the molecule is Cc1cccc(C)c1Nc1ccc(C(=O)NCCc2ccc(F)cc2)nc1. The minimum Gasteiger partial charge on any atom is -0.354 e. The molecule has 4 nitrogen and oxygen atoms in total. The van der Waals surface area contributed by atoms with Crippen LogP contribution in [0.1, 0.15) is 27.2 Å². The number of carbonyl (C=O) groups is 1. The molecule has 3 aromatic rings. The smallest absolute Gasteiger partial charge is 0.269 e. The van der Waals surface area contributed by atoms with E-state index < -0.39 is 0 Å². The topological polar surface area (TPSA) is 54.0 Å². The van der Waals surface area contributed by atoms with Crippen LogP contribution in [0, 0.1) is 19.7 Å². The molecule has 27 heavy (non-hydrogen) atoms. The van der Waals surface area contributed by atoms with E-state index >= 15 is 0 Å². The second-order valence-corrected chi connectivity index (χ2v) is 6.46. The van der Waals surface area contributed by atoms with Crippen molar-refractivity contribution < 1.29 is 9.18 Å². The Morgan fingerprint density at radius 3 is 2.33 bits per heavy atom. The van der Waals surface area contributed by atoms with Gasteiger partial charge in [0.2, 0.25) is 0 Å². The number of rotatable bonds is 6. The Balaban J connectivity index is 1.56. The van der Waals surface area contributed by atoms with Gasteiger partial charge in [-0.1, -0.05) is 30.3 Å². The highest BCUT2D eigenvalue weighted by atomic mass is 19.1. The number of nitrogens with zero attached hydrogens (tertiary/aromatic N) is 1. The molecule has 3 rings (SSSR count). The van der Waals surface area contributed by atoms with Gasteiger partial charge in [-0.05, 0) is 61.2 Å². The highest BCUT2D eigenvalue weighted by Gasteiger charge is 2.08. The molecule has 1 heterocycles. The van der Waals surface area contributed by atoms with Gasteiger partial charge in [-0.25, -0.2) is 9.37 Å². The minimum absolute atomic E-state index is 0.226. The van der Waals surface area contributed by atoms with E-state index in [9.17, 15) is 9.18 Å². The summed E-state index contributed by atoms with van der Waals surface area (Å²) in [4.78, 5) is 16.5. The van der Waals surface area contributed by atoms with Crippen molar-refractivity contribution in [2.45, 2.75) is 20.3 Å². The molecule has 0 fully saturated rings. The van der Waals surface area contributed by atoms with Gasteiger partial charge in [0.1, 0.15) is 11.5 Å². The molecule has 0 aliphatic carbocycles. The van der Waals surface area contributed by atoms with Crippen molar-refractivity contribution >= 4 is 17.3 Å². The van der Waals surface area contributed by atoms with Gasteiger partial charge in [-0.2, -0.15) is 0 Å². The quantitative estimate of drug-likeness (QED) is 0.675. The van der Waals surface area contributed by atoms with Crippen molar-refractivity contribution in [2.75, 3.05) is 11.9 Å². The minimum atomic E-state index is -0.262. The van der Waals surface area contributed by atoms with Crippen LogP contribution in [0.15, 0.2) is 60.8 Å². The van der Waals surface area contributed by atoms with Gasteiger partial charge in [0.05, 0.1) is 11.9 Å². The number of benzene rings is 2. The van der Waals surface area contributed by atoms with Crippen LogP contribution in [0.25, 0.3) is 0 Å². The van der Waals surface area contributed by atoms with Gasteiger partial charge in [0, 0.05) is 12.2 Å². The predicted molar refractivity (Wildman–Crippen MR) is 106 cm³/mol. The van der Waals surface area contributed by atoms with E-state index in [1.54, 1.807) is 24.4 Å². The van der Waals surface area contributed by atoms with Gasteiger partial charge in [0.25, 0.3) is 5.91 Å². The summed E-state index contributed by atoms with van der Waals surface area (Å²) in [6.07, 6.45) is 2.29. The van der Waals surface area contributed by atoms with E-state index in [0.717, 1.165) is 28.1 Å². The Hall–Kier alpha value is -3.21. The number of hydrogen-bond acceptors (Lipinski definition) is 3. The molecule has 5 heteroatoms. The Morgan fingerprint density at radius 1 is 1.00 bits per heavy atom. The number of para-hydroxylation sites is 1. The zero-order valence-corrected chi connectivity index (χ0v) is 15.4. The Labute approximate surface area is 158 Å². The molecule has 0 bridgehead atoms. The van der Waals surface area contributed by atoms with E-state index in [1.165, 1.54) is 12.1 Å². The van der Waals surface area contributed by atoms with Crippen LogP contribution in [-0.4, -0.2) is 17.4 Å². The lowest BCUT2D eigenvalue weighted by molar-refractivity contribution is 0.0949. The summed E-state index contributed by atoms with van der Waals surface area (Å²) in [5.74, 6) is -0.489. The van der Waals surface area contributed by atoms with Crippen LogP contribution in [0.3, 0.4) is 0 Å². The third-order valence-corrected chi connectivity index (χ3v) is 4.36. The molecule has 0 atom stereocenters. The molecule has 0 unspecified atom stereocenters. The summed E-state index contributed by atoms with van der Waals surface area (Å²) in [5.41, 5.74) is 5.51. The predicted octanol–water partition coefficient (Wildman–Crippen LogP) is 4.55. The maximum absolute atomic E-state index is 12.9. The third kappa shape index (κ3) is 4.91. The molecular formula is C22H22FN3O. The molecule has 1 aromatic heterocycles. The van der Waals surface area contributed by atoms with Crippen molar-refractivity contribution in [1.82, 2.24) is 10.3 Å². The summed E-state index contributed by atoms with van der Waals surface area (Å²) in [6.45, 7) is 4.56. The fourth-order valence-electron chi connectivity index (χ4n) is 2.82. The second kappa shape index (κ2) is 8.45. The largest absolute Gasteiger partial charge is 0.354 e. The highest BCUT2D eigenvalue weighted by Crippen LogP contribution is 2.23. The Bertz CT molecular complexity index is 901. The molecule has 1 amide bonds. The maximum atomic E-state index is 12.9. The number of aryl methyl sites for hydroxylation is 2. The van der Waals surface area contributed by atoms with Crippen molar-refractivity contribution in [3.05, 3.63) is 89.0 Å². The first-order valence-electron chi connectivity index (χ1n) is 8.85. The van der Waals surface area contributed by atoms with Crippen molar-refractivity contribution in [3.63, 3.8) is 0 Å². The summed E-state index contributed by atoms with van der Waals surface area (Å²) in [6, 6.07) is 15.9. The summed E-state index contributed by atoms with van der Waals surface area (Å²) in [7, 11) is 0. The van der Waals surface area contributed by atoms with Gasteiger partial charge in [0.15, 0.2) is 0 Å². The molecular weight excluding hydrogens is 341 g/mol. The lowest BCUT2D eigenvalue weighted by Gasteiger charge is -2.12. The average molecular weight is 363 g/mol. The number of amides is 1. The number of aromatic nitrogens is 1. The lowest BCUT2D eigenvalue weighted by Crippen LogP contribution is -2.26. The maximum Gasteiger partial charge on any atom is 0.269 e. The van der Waals surface area contributed by atoms with E-state index in [-0.39, 0.29) is 11.7 Å². The van der Waals surface area contributed by atoms with Crippen molar-refractivity contribution in [1.29, 1.82) is 0 Å². The lowest BCUT2D eigenvalue weighted by atomic mass is 10.1. The standard InChI is InChI=1S/C22H22FN3O/c1-15-4-3-5-16(2)21(15)26-19-10-11-20(25-14-19)22(27)24-13-12-17-6-8-18(23)9-7-17/h3-11,14,26H,12-13H2,1-2H3,(H,24,27). The summed E-state index contributed by atoms with van der Waals surface area (Å²) in [5, 5.41) is 6.18. The van der Waals surface area contributed by atoms with E-state index in [2.05, 4.69) is 15.6 Å². The van der Waals surface area contributed by atoms with Crippen LogP contribution in [-0.2, 0) is 6.42 Å². The first kappa shape index (κ1) is 18.6. The molecule has 0 saturated heterocycles. The second-order valence-electron chi connectivity index (χ2n) is 6.46. The number of carbonyl (C=O) groups excluding carboxylic acids is 1. The Morgan fingerprint density at radius 2 is 1.70 bits per heavy atom. The zero-order chi connectivity index (χ0) is 19.2. The van der Waals surface area contributed by atoms with Crippen molar-refractivity contribution in [3.8, 4) is 0 Å². The van der Waals surface area contributed by atoms with Crippen LogP contribution < -0.4 is 10.6 Å². The molecule has 2 N–H and O–H groups in total. The fraction of sp³-hybridized carbons (Fsp3) is 0.182. The number of pyridine rings is 1. The number of anilines is 2. The van der Waals surface area contributed by atoms with Gasteiger partial charge in [-0.15, -0.1) is 0 Å². The number of hydrogen-bond donors (Lipinski definition) is 2. The zero-order valence-electron chi connectivity index (χ0n) is 15.4. The first-order chi connectivity index (χ1) is 13.0. The van der Waals surface area contributed by atoms with E-state index in [4.69, 9.17) is 0 Å². The average Bonchev–Trinajstić information content (AvgIpc) is 2.67. The number of halogens is 1. The molecule has 2 aromatic carbocycles. The van der Waals surface area contributed by atoms with Gasteiger partial charge < -0.3 is 10.6 Å².